The van der Waals surface area contributed by atoms with Crippen LogP contribution in [0.1, 0.15) is 47.0 Å². The zero-order chi connectivity index (χ0) is 10.7. The Bertz CT molecular complexity index is 193. The van der Waals surface area contributed by atoms with E-state index in [1.165, 1.54) is 12.0 Å². The van der Waals surface area contributed by atoms with Crippen LogP contribution in [0.5, 0.6) is 0 Å². The fourth-order valence-corrected chi connectivity index (χ4v) is 2.09. The summed E-state index contributed by atoms with van der Waals surface area (Å²) in [6.07, 6.45) is 4.12. The van der Waals surface area contributed by atoms with Gasteiger partial charge in [-0.1, -0.05) is 39.8 Å². The Morgan fingerprint density at radius 3 is 2.43 bits per heavy atom. The van der Waals surface area contributed by atoms with E-state index in [1.807, 2.05) is 0 Å². The van der Waals surface area contributed by atoms with Crippen LogP contribution in [0.3, 0.4) is 0 Å². The van der Waals surface area contributed by atoms with Crippen molar-refractivity contribution in [1.29, 1.82) is 0 Å². The van der Waals surface area contributed by atoms with Gasteiger partial charge in [0, 0.05) is 0 Å². The Morgan fingerprint density at radius 1 is 1.29 bits per heavy atom. The number of hydrogen-bond donors (Lipinski definition) is 0. The predicted octanol–water partition coefficient (Wildman–Crippen LogP) is 3.79. The van der Waals surface area contributed by atoms with Crippen LogP contribution in [0.2, 0.25) is 0 Å². The van der Waals surface area contributed by atoms with E-state index in [9.17, 15) is 0 Å². The monoisotopic (exact) mass is 196 g/mol. The molecule has 1 fully saturated rings. The lowest BCUT2D eigenvalue weighted by atomic mass is 9.90. The van der Waals surface area contributed by atoms with Gasteiger partial charge in [0.1, 0.15) is 0 Å². The highest BCUT2D eigenvalue weighted by molar-refractivity contribution is 5.02. The maximum absolute atomic E-state index is 6.07. The molecule has 0 spiro atoms. The van der Waals surface area contributed by atoms with Gasteiger partial charge in [-0.05, 0) is 31.1 Å². The first-order chi connectivity index (χ1) is 6.49. The summed E-state index contributed by atoms with van der Waals surface area (Å²) >= 11 is 0. The summed E-state index contributed by atoms with van der Waals surface area (Å²) < 4.78 is 6.07. The van der Waals surface area contributed by atoms with Crippen molar-refractivity contribution in [2.75, 3.05) is 0 Å². The molecule has 0 bridgehead atoms. The van der Waals surface area contributed by atoms with E-state index in [0.717, 1.165) is 18.8 Å². The Kier molecular flexibility index (Phi) is 4.18. The number of ether oxygens (including phenoxy) is 1. The fraction of sp³-hybridized carbons (Fsp3) is 0.846. The zero-order valence-electron chi connectivity index (χ0n) is 10.0. The topological polar surface area (TPSA) is 9.23 Å². The average molecular weight is 196 g/mol. The second-order valence-electron chi connectivity index (χ2n) is 5.33. The first-order valence-corrected chi connectivity index (χ1v) is 5.81. The van der Waals surface area contributed by atoms with Gasteiger partial charge in [0.15, 0.2) is 0 Å². The van der Waals surface area contributed by atoms with Crippen molar-refractivity contribution < 1.29 is 4.74 Å². The highest BCUT2D eigenvalue weighted by Gasteiger charge is 2.26. The van der Waals surface area contributed by atoms with Gasteiger partial charge in [0.25, 0.3) is 0 Å². The lowest BCUT2D eigenvalue weighted by Gasteiger charge is -2.34. The van der Waals surface area contributed by atoms with E-state index in [4.69, 9.17) is 4.74 Å². The Morgan fingerprint density at radius 2 is 1.93 bits per heavy atom. The Balaban J connectivity index is 2.49. The van der Waals surface area contributed by atoms with Crippen LogP contribution < -0.4 is 0 Å². The quantitative estimate of drug-likeness (QED) is 0.624. The van der Waals surface area contributed by atoms with Crippen molar-refractivity contribution in [3.63, 3.8) is 0 Å². The maximum Gasteiger partial charge on any atom is 0.0638 e. The van der Waals surface area contributed by atoms with Crippen molar-refractivity contribution in [2.24, 2.45) is 11.8 Å². The molecular formula is C13H24O. The van der Waals surface area contributed by atoms with Gasteiger partial charge in [0.05, 0.1) is 12.2 Å². The van der Waals surface area contributed by atoms with Gasteiger partial charge in [-0.15, -0.1) is 0 Å². The van der Waals surface area contributed by atoms with Crippen LogP contribution >= 0.6 is 0 Å². The van der Waals surface area contributed by atoms with E-state index in [2.05, 4.69) is 34.3 Å². The highest BCUT2D eigenvalue weighted by atomic mass is 16.5. The van der Waals surface area contributed by atoms with Gasteiger partial charge < -0.3 is 4.74 Å². The van der Waals surface area contributed by atoms with Gasteiger partial charge in [-0.3, -0.25) is 0 Å². The number of rotatable bonds is 3. The lowest BCUT2D eigenvalue weighted by molar-refractivity contribution is -0.0607. The second kappa shape index (κ2) is 4.97. The molecular weight excluding hydrogens is 172 g/mol. The molecule has 0 aromatic carbocycles. The Hall–Kier alpha value is -0.300. The largest absolute Gasteiger partial charge is 0.374 e. The van der Waals surface area contributed by atoms with Crippen LogP contribution in [0.4, 0.5) is 0 Å². The molecule has 82 valence electrons. The average Bonchev–Trinajstić information content (AvgIpc) is 2.01. The van der Waals surface area contributed by atoms with Crippen LogP contribution in [0, 0.1) is 11.8 Å². The molecule has 1 aliphatic heterocycles. The minimum Gasteiger partial charge on any atom is -0.374 e. The van der Waals surface area contributed by atoms with Gasteiger partial charge in [0.2, 0.25) is 0 Å². The normalized spacial score (nSPS) is 28.9. The van der Waals surface area contributed by atoms with E-state index in [-0.39, 0.29) is 0 Å². The third-order valence-electron chi connectivity index (χ3n) is 2.85. The molecule has 0 aliphatic carbocycles. The molecule has 1 heteroatoms. The smallest absolute Gasteiger partial charge is 0.0638 e. The summed E-state index contributed by atoms with van der Waals surface area (Å²) in [6.45, 7) is 13.1. The molecule has 1 heterocycles. The summed E-state index contributed by atoms with van der Waals surface area (Å²) in [6, 6.07) is 0. The molecule has 0 N–H and O–H groups in total. The van der Waals surface area contributed by atoms with Crippen molar-refractivity contribution >= 4 is 0 Å². The second-order valence-corrected chi connectivity index (χ2v) is 5.33. The molecule has 1 saturated heterocycles. The molecule has 0 amide bonds. The van der Waals surface area contributed by atoms with E-state index >= 15 is 0 Å². The maximum atomic E-state index is 6.07. The van der Waals surface area contributed by atoms with Crippen LogP contribution in [-0.2, 0) is 4.74 Å². The molecule has 0 saturated carbocycles. The first kappa shape index (κ1) is 11.8. The summed E-state index contributed by atoms with van der Waals surface area (Å²) in [4.78, 5) is 0. The lowest BCUT2D eigenvalue weighted by Crippen LogP contribution is -2.33. The molecule has 2 atom stereocenters. The molecule has 2 unspecified atom stereocenters. The summed E-state index contributed by atoms with van der Waals surface area (Å²) in [5, 5.41) is 0. The predicted molar refractivity (Wildman–Crippen MR) is 61.3 cm³/mol. The third kappa shape index (κ3) is 3.45. The SMILES string of the molecule is C=C1CC(CC(C)C)OC(C(C)C)C1. The van der Waals surface area contributed by atoms with Gasteiger partial charge in [-0.2, -0.15) is 0 Å². The molecule has 1 rings (SSSR count). The third-order valence-corrected chi connectivity index (χ3v) is 2.85. The molecule has 0 radical (unpaired) electrons. The molecule has 14 heavy (non-hydrogen) atoms. The minimum atomic E-state index is 0.403. The first-order valence-electron chi connectivity index (χ1n) is 5.81. The van der Waals surface area contributed by atoms with Crippen molar-refractivity contribution in [1.82, 2.24) is 0 Å². The van der Waals surface area contributed by atoms with Crippen LogP contribution in [-0.4, -0.2) is 12.2 Å². The molecule has 1 nitrogen and oxygen atoms in total. The van der Waals surface area contributed by atoms with Crippen LogP contribution in [0.15, 0.2) is 12.2 Å². The van der Waals surface area contributed by atoms with E-state index < -0.39 is 0 Å². The van der Waals surface area contributed by atoms with Crippen molar-refractivity contribution in [3.8, 4) is 0 Å². The molecule has 0 aromatic heterocycles. The summed E-state index contributed by atoms with van der Waals surface area (Å²) in [5.41, 5.74) is 1.38. The van der Waals surface area contributed by atoms with Crippen molar-refractivity contribution in [3.05, 3.63) is 12.2 Å². The van der Waals surface area contributed by atoms with E-state index in [1.54, 1.807) is 0 Å². The molecule has 0 aromatic rings. The zero-order valence-corrected chi connectivity index (χ0v) is 10.0. The Labute approximate surface area is 88.5 Å². The van der Waals surface area contributed by atoms with Gasteiger partial charge in [-0.25, -0.2) is 0 Å². The van der Waals surface area contributed by atoms with Gasteiger partial charge >= 0.3 is 0 Å². The van der Waals surface area contributed by atoms with Crippen LogP contribution in [0.25, 0.3) is 0 Å². The summed E-state index contributed by atoms with van der Waals surface area (Å²) in [5.74, 6) is 1.33. The van der Waals surface area contributed by atoms with Crippen molar-refractivity contribution in [2.45, 2.75) is 59.2 Å². The van der Waals surface area contributed by atoms with E-state index in [0.29, 0.717) is 18.1 Å². The summed E-state index contributed by atoms with van der Waals surface area (Å²) in [7, 11) is 0. The number of hydrogen-bond acceptors (Lipinski definition) is 1. The highest BCUT2D eigenvalue weighted by Crippen LogP contribution is 2.30. The standard InChI is InChI=1S/C13H24O/c1-9(2)6-12-7-11(5)8-13(14-12)10(3)4/h9-10,12-13H,5-8H2,1-4H3. The minimum absolute atomic E-state index is 0.403. The molecule has 1 aliphatic rings. The fourth-order valence-electron chi connectivity index (χ4n) is 2.09.